The summed E-state index contributed by atoms with van der Waals surface area (Å²) in [6.45, 7) is 2.19. The lowest BCUT2D eigenvalue weighted by Crippen LogP contribution is -2.29. The van der Waals surface area contributed by atoms with Gasteiger partial charge in [0.2, 0.25) is 0 Å². The number of aliphatic hydroxyl groups is 1. The van der Waals surface area contributed by atoms with Gasteiger partial charge < -0.3 is 5.11 Å². The monoisotopic (exact) mass is 256 g/mol. The standard InChI is InChI=1S/C14H18ClFO/c1-9-2-5-14(17)11(6-9)7-10-3-4-12(15)8-13(10)16/h3-4,8-9,11,14,17H,2,5-7H2,1H3. The zero-order chi connectivity index (χ0) is 12.4. The van der Waals surface area contributed by atoms with E-state index in [0.717, 1.165) is 19.3 Å². The van der Waals surface area contributed by atoms with Crippen LogP contribution in [-0.2, 0) is 6.42 Å². The molecule has 17 heavy (non-hydrogen) atoms. The average molecular weight is 257 g/mol. The quantitative estimate of drug-likeness (QED) is 0.853. The second-order valence-corrected chi connectivity index (χ2v) is 5.62. The smallest absolute Gasteiger partial charge is 0.127 e. The fourth-order valence-electron chi connectivity index (χ4n) is 2.67. The Morgan fingerprint density at radius 3 is 2.88 bits per heavy atom. The van der Waals surface area contributed by atoms with Gasteiger partial charge in [0.25, 0.3) is 0 Å². The Morgan fingerprint density at radius 2 is 2.18 bits per heavy atom. The molecule has 1 aromatic carbocycles. The van der Waals surface area contributed by atoms with Crippen molar-refractivity contribution in [3.05, 3.63) is 34.6 Å². The first-order valence-electron chi connectivity index (χ1n) is 6.18. The summed E-state index contributed by atoms with van der Waals surface area (Å²) in [6, 6.07) is 4.78. The molecule has 0 aliphatic heterocycles. The van der Waals surface area contributed by atoms with E-state index in [9.17, 15) is 9.50 Å². The van der Waals surface area contributed by atoms with Gasteiger partial charge in [-0.05, 0) is 55.2 Å². The summed E-state index contributed by atoms with van der Waals surface area (Å²) < 4.78 is 13.7. The van der Waals surface area contributed by atoms with Crippen molar-refractivity contribution in [2.45, 2.75) is 38.7 Å². The van der Waals surface area contributed by atoms with Crippen LogP contribution in [0.4, 0.5) is 4.39 Å². The van der Waals surface area contributed by atoms with E-state index in [1.165, 1.54) is 6.07 Å². The van der Waals surface area contributed by atoms with Gasteiger partial charge in [0.1, 0.15) is 5.82 Å². The number of aliphatic hydroxyl groups excluding tert-OH is 1. The van der Waals surface area contributed by atoms with Crippen LogP contribution in [0.1, 0.15) is 31.7 Å². The van der Waals surface area contributed by atoms with Crippen LogP contribution in [0.5, 0.6) is 0 Å². The second kappa shape index (κ2) is 5.36. The molecule has 1 saturated carbocycles. The van der Waals surface area contributed by atoms with Gasteiger partial charge in [-0.1, -0.05) is 24.6 Å². The minimum atomic E-state index is -0.290. The predicted octanol–water partition coefficient (Wildman–Crippen LogP) is 3.82. The summed E-state index contributed by atoms with van der Waals surface area (Å²) in [5, 5.41) is 10.4. The van der Waals surface area contributed by atoms with Crippen LogP contribution in [0.3, 0.4) is 0 Å². The molecule has 1 aliphatic carbocycles. The third-order valence-corrected chi connectivity index (χ3v) is 3.94. The molecule has 0 amide bonds. The predicted molar refractivity (Wildman–Crippen MR) is 67.6 cm³/mol. The van der Waals surface area contributed by atoms with Crippen LogP contribution >= 0.6 is 11.6 Å². The van der Waals surface area contributed by atoms with Crippen molar-refractivity contribution in [3.63, 3.8) is 0 Å². The first kappa shape index (κ1) is 12.8. The Balaban J connectivity index is 2.08. The van der Waals surface area contributed by atoms with Crippen LogP contribution < -0.4 is 0 Å². The summed E-state index contributed by atoms with van der Waals surface area (Å²) in [7, 11) is 0. The van der Waals surface area contributed by atoms with Crippen LogP contribution in [0.2, 0.25) is 5.02 Å². The Bertz CT molecular complexity index is 394. The number of halogens is 2. The van der Waals surface area contributed by atoms with E-state index < -0.39 is 0 Å². The van der Waals surface area contributed by atoms with E-state index in [0.29, 0.717) is 22.9 Å². The molecule has 94 valence electrons. The lowest BCUT2D eigenvalue weighted by Gasteiger charge is -2.31. The summed E-state index contributed by atoms with van der Waals surface area (Å²) in [4.78, 5) is 0. The average Bonchev–Trinajstić information content (AvgIpc) is 2.27. The van der Waals surface area contributed by atoms with Crippen molar-refractivity contribution in [1.29, 1.82) is 0 Å². The largest absolute Gasteiger partial charge is 0.393 e. The van der Waals surface area contributed by atoms with E-state index in [-0.39, 0.29) is 17.8 Å². The molecule has 0 radical (unpaired) electrons. The molecule has 0 saturated heterocycles. The number of hydrogen-bond acceptors (Lipinski definition) is 1. The highest BCUT2D eigenvalue weighted by Gasteiger charge is 2.27. The highest BCUT2D eigenvalue weighted by molar-refractivity contribution is 6.30. The van der Waals surface area contributed by atoms with Gasteiger partial charge in [-0.3, -0.25) is 0 Å². The molecule has 1 aromatic rings. The third-order valence-electron chi connectivity index (χ3n) is 3.70. The maximum Gasteiger partial charge on any atom is 0.127 e. The maximum absolute atomic E-state index is 13.7. The lowest BCUT2D eigenvalue weighted by atomic mass is 9.77. The molecule has 3 unspecified atom stereocenters. The molecule has 1 aliphatic rings. The fourth-order valence-corrected chi connectivity index (χ4v) is 2.83. The van der Waals surface area contributed by atoms with E-state index in [1.54, 1.807) is 12.1 Å². The minimum Gasteiger partial charge on any atom is -0.393 e. The molecule has 1 fully saturated rings. The number of hydrogen-bond donors (Lipinski definition) is 1. The van der Waals surface area contributed by atoms with Gasteiger partial charge in [0, 0.05) is 5.02 Å². The van der Waals surface area contributed by atoms with Gasteiger partial charge in [0.15, 0.2) is 0 Å². The van der Waals surface area contributed by atoms with E-state index in [2.05, 4.69) is 6.92 Å². The van der Waals surface area contributed by atoms with Crippen molar-refractivity contribution < 1.29 is 9.50 Å². The Hall–Kier alpha value is -0.600. The van der Waals surface area contributed by atoms with Crippen molar-refractivity contribution in [2.24, 2.45) is 11.8 Å². The molecule has 3 atom stereocenters. The van der Waals surface area contributed by atoms with Crippen molar-refractivity contribution >= 4 is 11.6 Å². The topological polar surface area (TPSA) is 20.2 Å². The van der Waals surface area contributed by atoms with E-state index in [1.807, 2.05) is 0 Å². The molecule has 0 bridgehead atoms. The first-order chi connectivity index (χ1) is 8.06. The first-order valence-corrected chi connectivity index (χ1v) is 6.56. The van der Waals surface area contributed by atoms with Gasteiger partial charge in [-0.25, -0.2) is 4.39 Å². The van der Waals surface area contributed by atoms with Gasteiger partial charge >= 0.3 is 0 Å². The molecule has 3 heteroatoms. The third kappa shape index (κ3) is 3.20. The van der Waals surface area contributed by atoms with Gasteiger partial charge in [0.05, 0.1) is 6.10 Å². The molecular formula is C14H18ClFO. The molecule has 0 aromatic heterocycles. The van der Waals surface area contributed by atoms with Crippen LogP contribution in [0.15, 0.2) is 18.2 Å². The van der Waals surface area contributed by atoms with Crippen LogP contribution in [0, 0.1) is 17.7 Å². The zero-order valence-electron chi connectivity index (χ0n) is 10.00. The zero-order valence-corrected chi connectivity index (χ0v) is 10.8. The minimum absolute atomic E-state index is 0.175. The Morgan fingerprint density at radius 1 is 1.41 bits per heavy atom. The molecular weight excluding hydrogens is 239 g/mol. The van der Waals surface area contributed by atoms with Gasteiger partial charge in [-0.15, -0.1) is 0 Å². The molecule has 2 rings (SSSR count). The highest BCUT2D eigenvalue weighted by Crippen LogP contribution is 2.32. The van der Waals surface area contributed by atoms with Gasteiger partial charge in [-0.2, -0.15) is 0 Å². The molecule has 0 spiro atoms. The van der Waals surface area contributed by atoms with E-state index >= 15 is 0 Å². The lowest BCUT2D eigenvalue weighted by molar-refractivity contribution is 0.0515. The maximum atomic E-state index is 13.7. The summed E-state index contributed by atoms with van der Waals surface area (Å²) in [5.74, 6) is 0.538. The van der Waals surface area contributed by atoms with Crippen molar-refractivity contribution in [1.82, 2.24) is 0 Å². The Kier molecular flexibility index (Phi) is 4.05. The summed E-state index contributed by atoms with van der Waals surface area (Å²) in [5.41, 5.74) is 0.660. The fraction of sp³-hybridized carbons (Fsp3) is 0.571. The SMILES string of the molecule is CC1CCC(O)C(Cc2ccc(Cl)cc2F)C1. The van der Waals surface area contributed by atoms with Crippen LogP contribution in [-0.4, -0.2) is 11.2 Å². The highest BCUT2D eigenvalue weighted by atomic mass is 35.5. The van der Waals surface area contributed by atoms with E-state index in [4.69, 9.17) is 11.6 Å². The Labute approximate surface area is 107 Å². The molecule has 1 nitrogen and oxygen atoms in total. The van der Waals surface area contributed by atoms with Crippen molar-refractivity contribution in [3.8, 4) is 0 Å². The summed E-state index contributed by atoms with van der Waals surface area (Å²) >= 11 is 5.72. The molecule has 1 N–H and O–H groups in total. The van der Waals surface area contributed by atoms with Crippen LogP contribution in [0.25, 0.3) is 0 Å². The number of rotatable bonds is 2. The molecule has 0 heterocycles. The summed E-state index contributed by atoms with van der Waals surface area (Å²) in [6.07, 6.45) is 3.20. The number of benzene rings is 1. The van der Waals surface area contributed by atoms with Crippen molar-refractivity contribution in [2.75, 3.05) is 0 Å². The second-order valence-electron chi connectivity index (χ2n) is 5.19. The normalized spacial score (nSPS) is 29.3.